The third-order valence-electron chi connectivity index (χ3n) is 4.26. The smallest absolute Gasteiger partial charge is 0.185 e. The topological polar surface area (TPSA) is 28.2 Å². The molecule has 0 saturated heterocycles. The first-order chi connectivity index (χ1) is 9.72. The highest BCUT2D eigenvalue weighted by molar-refractivity contribution is 7.13. The quantitative estimate of drug-likeness (QED) is 0.829. The van der Waals surface area contributed by atoms with Gasteiger partial charge in [-0.3, -0.25) is 0 Å². The molecule has 112 valence electrons. The number of aromatic nitrogens is 1. The molecule has 20 heavy (non-hydrogen) atoms. The molecular weight excluding hydrogens is 266 g/mol. The van der Waals surface area contributed by atoms with Crippen molar-refractivity contribution in [3.8, 4) is 0 Å². The van der Waals surface area contributed by atoms with Crippen LogP contribution in [0.25, 0.3) is 0 Å². The van der Waals surface area contributed by atoms with Crippen LogP contribution in [0.3, 0.4) is 0 Å². The maximum atomic E-state index is 4.89. The molecule has 0 radical (unpaired) electrons. The largest absolute Gasteiger partial charge is 0.345 e. The Morgan fingerprint density at radius 2 is 2.05 bits per heavy atom. The summed E-state index contributed by atoms with van der Waals surface area (Å²) >= 11 is 1.83. The number of rotatable bonds is 7. The summed E-state index contributed by atoms with van der Waals surface area (Å²) in [6.07, 6.45) is 8.17. The van der Waals surface area contributed by atoms with Gasteiger partial charge >= 0.3 is 0 Å². The van der Waals surface area contributed by atoms with Gasteiger partial charge in [0, 0.05) is 30.6 Å². The van der Waals surface area contributed by atoms with Crippen molar-refractivity contribution < 1.29 is 0 Å². The van der Waals surface area contributed by atoms with E-state index in [1.165, 1.54) is 49.4 Å². The lowest BCUT2D eigenvalue weighted by Gasteiger charge is -2.30. The first-order valence-electron chi connectivity index (χ1n) is 8.17. The Hall–Kier alpha value is -0.610. The van der Waals surface area contributed by atoms with Crippen molar-refractivity contribution in [2.75, 3.05) is 11.4 Å². The molecule has 0 atom stereocenters. The average Bonchev–Trinajstić information content (AvgIpc) is 2.93. The van der Waals surface area contributed by atoms with Gasteiger partial charge in [-0.25, -0.2) is 4.98 Å². The number of hydrogen-bond donors (Lipinski definition) is 1. The van der Waals surface area contributed by atoms with E-state index >= 15 is 0 Å². The lowest BCUT2D eigenvalue weighted by molar-refractivity contribution is 0.534. The van der Waals surface area contributed by atoms with Gasteiger partial charge in [0.2, 0.25) is 0 Å². The third-order valence-corrected chi connectivity index (χ3v) is 5.19. The standard InChI is InChI=1S/C16H27N3S/c1-12(2)10-19(15-5-3-4-6-15)16-18-14(11-20-16)9-17-13-7-8-13/h11-13,15,17H,3-10H2,1-2H3. The van der Waals surface area contributed by atoms with Crippen molar-refractivity contribution in [2.45, 2.75) is 71.0 Å². The molecule has 0 spiro atoms. The van der Waals surface area contributed by atoms with Gasteiger partial charge in [0.1, 0.15) is 0 Å². The van der Waals surface area contributed by atoms with Crippen LogP contribution in [0, 0.1) is 5.92 Å². The van der Waals surface area contributed by atoms with Crippen LogP contribution in [0.15, 0.2) is 5.38 Å². The van der Waals surface area contributed by atoms with Gasteiger partial charge in [-0.2, -0.15) is 0 Å². The van der Waals surface area contributed by atoms with E-state index in [9.17, 15) is 0 Å². The molecule has 1 aromatic rings. The molecule has 0 amide bonds. The van der Waals surface area contributed by atoms with E-state index in [2.05, 4.69) is 29.4 Å². The molecule has 0 aliphatic heterocycles. The summed E-state index contributed by atoms with van der Waals surface area (Å²) in [6.45, 7) is 6.71. The summed E-state index contributed by atoms with van der Waals surface area (Å²) in [5, 5.41) is 7.05. The summed E-state index contributed by atoms with van der Waals surface area (Å²) in [4.78, 5) is 7.48. The van der Waals surface area contributed by atoms with Gasteiger partial charge < -0.3 is 10.2 Å². The van der Waals surface area contributed by atoms with Crippen LogP contribution in [-0.2, 0) is 6.54 Å². The SMILES string of the molecule is CC(C)CN(c1nc(CNC2CC2)cs1)C1CCCC1. The van der Waals surface area contributed by atoms with Gasteiger partial charge in [-0.1, -0.05) is 26.7 Å². The van der Waals surface area contributed by atoms with Gasteiger partial charge in [-0.05, 0) is 31.6 Å². The molecular formula is C16H27N3S. The van der Waals surface area contributed by atoms with Gasteiger partial charge in [0.15, 0.2) is 5.13 Å². The Morgan fingerprint density at radius 3 is 2.70 bits per heavy atom. The molecule has 1 aromatic heterocycles. The normalized spacial score (nSPS) is 19.9. The molecule has 2 saturated carbocycles. The molecule has 3 rings (SSSR count). The van der Waals surface area contributed by atoms with Gasteiger partial charge in [0.05, 0.1) is 5.69 Å². The first kappa shape index (κ1) is 14.3. The average molecular weight is 293 g/mol. The van der Waals surface area contributed by atoms with E-state index in [0.29, 0.717) is 5.92 Å². The number of anilines is 1. The zero-order chi connectivity index (χ0) is 13.9. The Morgan fingerprint density at radius 1 is 1.30 bits per heavy atom. The third kappa shape index (κ3) is 3.73. The second kappa shape index (κ2) is 6.44. The van der Waals surface area contributed by atoms with Crippen LogP contribution in [0.5, 0.6) is 0 Å². The molecule has 4 heteroatoms. The Bertz CT molecular complexity index is 419. The van der Waals surface area contributed by atoms with E-state index in [4.69, 9.17) is 4.98 Å². The summed E-state index contributed by atoms with van der Waals surface area (Å²) in [5.74, 6) is 0.701. The van der Waals surface area contributed by atoms with Crippen molar-refractivity contribution in [1.82, 2.24) is 10.3 Å². The fraction of sp³-hybridized carbons (Fsp3) is 0.812. The molecule has 1 N–H and O–H groups in total. The maximum Gasteiger partial charge on any atom is 0.185 e. The van der Waals surface area contributed by atoms with Crippen LogP contribution in [0.4, 0.5) is 5.13 Å². The highest BCUT2D eigenvalue weighted by Crippen LogP contribution is 2.31. The Kier molecular flexibility index (Phi) is 4.61. The van der Waals surface area contributed by atoms with Crippen LogP contribution in [0.2, 0.25) is 0 Å². The van der Waals surface area contributed by atoms with E-state index in [1.54, 1.807) is 0 Å². The van der Waals surface area contributed by atoms with Crippen LogP contribution in [-0.4, -0.2) is 23.6 Å². The molecule has 3 nitrogen and oxygen atoms in total. The van der Waals surface area contributed by atoms with E-state index in [0.717, 1.165) is 25.2 Å². The maximum absolute atomic E-state index is 4.89. The molecule has 0 bridgehead atoms. The van der Waals surface area contributed by atoms with Crippen molar-refractivity contribution in [3.05, 3.63) is 11.1 Å². The second-order valence-corrected chi connectivity index (χ2v) is 7.60. The minimum absolute atomic E-state index is 0.701. The van der Waals surface area contributed by atoms with E-state index in [-0.39, 0.29) is 0 Å². The minimum atomic E-state index is 0.701. The van der Waals surface area contributed by atoms with Gasteiger partial charge in [-0.15, -0.1) is 11.3 Å². The Balaban J connectivity index is 1.65. The number of nitrogens with one attached hydrogen (secondary N) is 1. The summed E-state index contributed by atoms with van der Waals surface area (Å²) in [5.41, 5.74) is 1.23. The first-order valence-corrected chi connectivity index (χ1v) is 9.05. The predicted molar refractivity (Wildman–Crippen MR) is 86.4 cm³/mol. The monoisotopic (exact) mass is 293 g/mol. The van der Waals surface area contributed by atoms with E-state index in [1.807, 2.05) is 11.3 Å². The molecule has 2 fully saturated rings. The molecule has 2 aliphatic rings. The summed E-state index contributed by atoms with van der Waals surface area (Å²) in [7, 11) is 0. The highest BCUT2D eigenvalue weighted by atomic mass is 32.1. The Labute approximate surface area is 126 Å². The van der Waals surface area contributed by atoms with E-state index < -0.39 is 0 Å². The second-order valence-electron chi connectivity index (χ2n) is 6.76. The summed E-state index contributed by atoms with van der Waals surface area (Å²) < 4.78 is 0. The van der Waals surface area contributed by atoms with Gasteiger partial charge in [0.25, 0.3) is 0 Å². The predicted octanol–water partition coefficient (Wildman–Crippen LogP) is 3.80. The number of hydrogen-bond acceptors (Lipinski definition) is 4. The number of thiazole rings is 1. The zero-order valence-electron chi connectivity index (χ0n) is 12.8. The summed E-state index contributed by atoms with van der Waals surface area (Å²) in [6, 6.07) is 1.49. The van der Waals surface area contributed by atoms with Crippen LogP contribution in [0.1, 0.15) is 58.1 Å². The van der Waals surface area contributed by atoms with Crippen LogP contribution >= 0.6 is 11.3 Å². The minimum Gasteiger partial charge on any atom is -0.345 e. The van der Waals surface area contributed by atoms with Crippen molar-refractivity contribution in [2.24, 2.45) is 5.92 Å². The number of nitrogens with zero attached hydrogens (tertiary/aromatic N) is 2. The molecule has 1 heterocycles. The zero-order valence-corrected chi connectivity index (χ0v) is 13.6. The molecule has 0 aromatic carbocycles. The van der Waals surface area contributed by atoms with Crippen molar-refractivity contribution >= 4 is 16.5 Å². The fourth-order valence-electron chi connectivity index (χ4n) is 3.04. The fourth-order valence-corrected chi connectivity index (χ4v) is 3.94. The lowest BCUT2D eigenvalue weighted by Crippen LogP contribution is -2.36. The van der Waals surface area contributed by atoms with Crippen molar-refractivity contribution in [1.29, 1.82) is 0 Å². The molecule has 0 unspecified atom stereocenters. The molecule has 2 aliphatic carbocycles. The van der Waals surface area contributed by atoms with Crippen molar-refractivity contribution in [3.63, 3.8) is 0 Å². The lowest BCUT2D eigenvalue weighted by atomic mass is 10.1. The van der Waals surface area contributed by atoms with Crippen LogP contribution < -0.4 is 10.2 Å². The highest BCUT2D eigenvalue weighted by Gasteiger charge is 2.26.